The molecule has 0 saturated heterocycles. The van der Waals surface area contributed by atoms with E-state index in [0.717, 1.165) is 5.70 Å². The summed E-state index contributed by atoms with van der Waals surface area (Å²) >= 11 is 0. The molecule has 9 heteroatoms. The standard InChI is InChI=1S/C23H24FN5O3/c1-14(2)21-26-18-8-6-15(24)10-17(18)22(28-21)27-20-12-29(13-25-20)16-7-9-19(30-3)23(11-16,31-4)32-5/h6-10,12-13H,1,11H2,2-5H3,(H,26,27,28). The second kappa shape index (κ2) is 8.52. The molecular formula is C23H24FN5O3. The van der Waals surface area contributed by atoms with Crippen molar-refractivity contribution in [3.63, 3.8) is 0 Å². The Morgan fingerprint density at radius 1 is 1.19 bits per heavy atom. The summed E-state index contributed by atoms with van der Waals surface area (Å²) in [6.07, 6.45) is 7.60. The molecule has 2 heterocycles. The van der Waals surface area contributed by atoms with Crippen LogP contribution in [0, 0.1) is 5.82 Å². The minimum absolute atomic E-state index is 0.374. The topological polar surface area (TPSA) is 83.3 Å². The van der Waals surface area contributed by atoms with Crippen LogP contribution >= 0.6 is 0 Å². The molecule has 1 aliphatic carbocycles. The summed E-state index contributed by atoms with van der Waals surface area (Å²) in [5.74, 6) is 0.633. The molecule has 166 valence electrons. The van der Waals surface area contributed by atoms with Gasteiger partial charge in [-0.3, -0.25) is 0 Å². The first-order valence-corrected chi connectivity index (χ1v) is 9.89. The predicted molar refractivity (Wildman–Crippen MR) is 120 cm³/mol. The molecular weight excluding hydrogens is 413 g/mol. The first-order chi connectivity index (χ1) is 15.4. The van der Waals surface area contributed by atoms with Crippen LogP contribution in [0.4, 0.5) is 16.0 Å². The molecule has 0 spiro atoms. The van der Waals surface area contributed by atoms with Gasteiger partial charge in [0.15, 0.2) is 11.6 Å². The van der Waals surface area contributed by atoms with E-state index < -0.39 is 5.79 Å². The second-order valence-corrected chi connectivity index (χ2v) is 7.36. The number of halogens is 1. The van der Waals surface area contributed by atoms with Crippen LogP contribution in [-0.4, -0.2) is 46.6 Å². The number of fused-ring (bicyclic) bond motifs is 1. The summed E-state index contributed by atoms with van der Waals surface area (Å²) in [5, 5.41) is 3.72. The number of imidazole rings is 1. The third-order valence-electron chi connectivity index (χ3n) is 5.30. The summed E-state index contributed by atoms with van der Waals surface area (Å²) < 4.78 is 32.4. The lowest BCUT2D eigenvalue weighted by molar-refractivity contribution is -0.197. The number of aromatic nitrogens is 4. The highest BCUT2D eigenvalue weighted by molar-refractivity contribution is 5.91. The van der Waals surface area contributed by atoms with Gasteiger partial charge in [0.1, 0.15) is 23.8 Å². The quantitative estimate of drug-likeness (QED) is 0.545. The molecule has 1 aliphatic rings. The van der Waals surface area contributed by atoms with Gasteiger partial charge in [0.05, 0.1) is 25.2 Å². The number of ether oxygens (including phenoxy) is 3. The smallest absolute Gasteiger partial charge is 0.232 e. The lowest BCUT2D eigenvalue weighted by Gasteiger charge is -2.34. The van der Waals surface area contributed by atoms with Crippen molar-refractivity contribution in [2.24, 2.45) is 0 Å². The molecule has 0 amide bonds. The normalized spacial score (nSPS) is 15.3. The third-order valence-corrected chi connectivity index (χ3v) is 5.30. The summed E-state index contributed by atoms with van der Waals surface area (Å²) in [6, 6.07) is 4.37. The highest BCUT2D eigenvalue weighted by Crippen LogP contribution is 2.36. The first kappa shape index (κ1) is 21.7. The lowest BCUT2D eigenvalue weighted by Crippen LogP contribution is -2.39. The molecule has 1 aromatic carbocycles. The number of nitrogens with one attached hydrogen (secondary N) is 1. The molecule has 0 fully saturated rings. The predicted octanol–water partition coefficient (Wildman–Crippen LogP) is 4.51. The molecule has 32 heavy (non-hydrogen) atoms. The zero-order valence-electron chi connectivity index (χ0n) is 18.3. The van der Waals surface area contributed by atoms with E-state index in [-0.39, 0.29) is 5.82 Å². The van der Waals surface area contributed by atoms with Crippen LogP contribution in [0.5, 0.6) is 0 Å². The van der Waals surface area contributed by atoms with Crippen molar-refractivity contribution in [2.75, 3.05) is 26.6 Å². The van der Waals surface area contributed by atoms with Gasteiger partial charge < -0.3 is 24.1 Å². The van der Waals surface area contributed by atoms with Gasteiger partial charge in [-0.25, -0.2) is 19.3 Å². The van der Waals surface area contributed by atoms with Crippen molar-refractivity contribution in [1.29, 1.82) is 0 Å². The molecule has 0 radical (unpaired) electrons. The van der Waals surface area contributed by atoms with E-state index in [1.54, 1.807) is 46.0 Å². The number of nitrogens with zero attached hydrogens (tertiary/aromatic N) is 4. The van der Waals surface area contributed by atoms with E-state index in [1.807, 2.05) is 17.6 Å². The molecule has 0 aliphatic heterocycles. The Balaban J connectivity index is 1.68. The van der Waals surface area contributed by atoms with Gasteiger partial charge in [0, 0.05) is 25.3 Å². The summed E-state index contributed by atoms with van der Waals surface area (Å²) in [6.45, 7) is 5.73. The number of benzene rings is 1. The van der Waals surface area contributed by atoms with E-state index >= 15 is 0 Å². The third kappa shape index (κ3) is 3.88. The van der Waals surface area contributed by atoms with Gasteiger partial charge in [-0.1, -0.05) is 6.58 Å². The molecule has 0 saturated carbocycles. The molecule has 0 atom stereocenters. The Labute approximate surface area is 185 Å². The van der Waals surface area contributed by atoms with Crippen molar-refractivity contribution >= 4 is 33.8 Å². The molecule has 0 bridgehead atoms. The number of allylic oxidation sites excluding steroid dienone is 3. The monoisotopic (exact) mass is 437 g/mol. The van der Waals surface area contributed by atoms with Crippen molar-refractivity contribution in [1.82, 2.24) is 19.5 Å². The number of anilines is 2. The SMILES string of the molecule is C=C(C)c1nc(Nc2cn(C3=CC=C(OC)C(OC)(OC)C3)cn2)c2cc(F)ccc2n1. The second-order valence-electron chi connectivity index (χ2n) is 7.36. The number of rotatable bonds is 7. The minimum atomic E-state index is -1.02. The van der Waals surface area contributed by atoms with Crippen LogP contribution in [0.2, 0.25) is 0 Å². The van der Waals surface area contributed by atoms with Crippen LogP contribution in [0.1, 0.15) is 19.2 Å². The van der Waals surface area contributed by atoms with Crippen molar-refractivity contribution in [3.8, 4) is 0 Å². The number of hydrogen-bond donors (Lipinski definition) is 1. The minimum Gasteiger partial charge on any atom is -0.495 e. The van der Waals surface area contributed by atoms with E-state index in [1.165, 1.54) is 12.1 Å². The molecule has 1 N–H and O–H groups in total. The van der Waals surface area contributed by atoms with Crippen molar-refractivity contribution in [2.45, 2.75) is 19.1 Å². The van der Waals surface area contributed by atoms with Crippen LogP contribution in [0.15, 0.2) is 55.2 Å². The highest BCUT2D eigenvalue weighted by Gasteiger charge is 2.39. The molecule has 0 unspecified atom stereocenters. The van der Waals surface area contributed by atoms with Crippen molar-refractivity contribution in [3.05, 3.63) is 66.9 Å². The van der Waals surface area contributed by atoms with E-state index in [4.69, 9.17) is 14.2 Å². The Morgan fingerprint density at radius 3 is 2.66 bits per heavy atom. The average Bonchev–Trinajstić information content (AvgIpc) is 3.27. The number of methoxy groups -OCH3 is 3. The van der Waals surface area contributed by atoms with Crippen LogP contribution in [0.25, 0.3) is 22.2 Å². The lowest BCUT2D eigenvalue weighted by atomic mass is 10.0. The van der Waals surface area contributed by atoms with Gasteiger partial charge in [-0.05, 0) is 42.8 Å². The van der Waals surface area contributed by atoms with Crippen LogP contribution < -0.4 is 5.32 Å². The van der Waals surface area contributed by atoms with E-state index in [9.17, 15) is 4.39 Å². The Kier molecular flexibility index (Phi) is 5.77. The van der Waals surface area contributed by atoms with Crippen molar-refractivity contribution < 1.29 is 18.6 Å². The average molecular weight is 437 g/mol. The zero-order chi connectivity index (χ0) is 22.9. The summed E-state index contributed by atoms with van der Waals surface area (Å²) in [5.41, 5.74) is 2.20. The van der Waals surface area contributed by atoms with Gasteiger partial charge >= 0.3 is 0 Å². The largest absolute Gasteiger partial charge is 0.495 e. The van der Waals surface area contributed by atoms with Gasteiger partial charge in [0.25, 0.3) is 0 Å². The number of hydrogen-bond acceptors (Lipinski definition) is 7. The fraction of sp³-hybridized carbons (Fsp3) is 0.261. The maximum absolute atomic E-state index is 13.9. The Morgan fingerprint density at radius 2 is 1.97 bits per heavy atom. The van der Waals surface area contributed by atoms with Gasteiger partial charge in [-0.2, -0.15) is 0 Å². The van der Waals surface area contributed by atoms with Gasteiger partial charge in [-0.15, -0.1) is 0 Å². The highest BCUT2D eigenvalue weighted by atomic mass is 19.1. The fourth-order valence-electron chi connectivity index (χ4n) is 3.57. The van der Waals surface area contributed by atoms with Gasteiger partial charge in [0.2, 0.25) is 5.79 Å². The van der Waals surface area contributed by atoms with E-state index in [2.05, 4.69) is 26.8 Å². The summed E-state index contributed by atoms with van der Waals surface area (Å²) in [7, 11) is 4.71. The molecule has 4 rings (SSSR count). The molecule has 2 aromatic heterocycles. The maximum Gasteiger partial charge on any atom is 0.232 e. The van der Waals surface area contributed by atoms with E-state index in [0.29, 0.717) is 46.1 Å². The Hall–Kier alpha value is -3.56. The maximum atomic E-state index is 13.9. The van der Waals surface area contributed by atoms with Crippen LogP contribution in [-0.2, 0) is 14.2 Å². The fourth-order valence-corrected chi connectivity index (χ4v) is 3.57. The Bertz CT molecular complexity index is 1240. The first-order valence-electron chi connectivity index (χ1n) is 9.89. The summed E-state index contributed by atoms with van der Waals surface area (Å²) in [4.78, 5) is 13.4. The zero-order valence-corrected chi connectivity index (χ0v) is 18.3. The van der Waals surface area contributed by atoms with Crippen LogP contribution in [0.3, 0.4) is 0 Å². The molecule has 3 aromatic rings. The molecule has 8 nitrogen and oxygen atoms in total.